The van der Waals surface area contributed by atoms with Crippen LogP contribution in [0.1, 0.15) is 0 Å². The fourth-order valence-corrected chi connectivity index (χ4v) is 7.74. The lowest BCUT2D eigenvalue weighted by molar-refractivity contribution is 0.668. The average molecular weight is 733 g/mol. The molecule has 11 rings (SSSR count). The van der Waals surface area contributed by atoms with Crippen LogP contribution < -0.4 is 4.90 Å². The van der Waals surface area contributed by atoms with Crippen LogP contribution in [0.2, 0.25) is 0 Å². The van der Waals surface area contributed by atoms with Crippen molar-refractivity contribution >= 4 is 60.9 Å². The molecule has 3 heterocycles. The molecule has 0 bridgehead atoms. The first kappa shape index (κ1) is 32.6. The molecule has 0 saturated carbocycles. The van der Waals surface area contributed by atoms with Gasteiger partial charge in [-0.15, -0.1) is 0 Å². The molecule has 0 aliphatic carbocycles. The van der Waals surface area contributed by atoms with Gasteiger partial charge in [-0.25, -0.2) is 15.0 Å². The van der Waals surface area contributed by atoms with E-state index in [0.717, 1.165) is 88.8 Å². The van der Waals surface area contributed by atoms with E-state index in [1.165, 1.54) is 0 Å². The van der Waals surface area contributed by atoms with Gasteiger partial charge in [-0.2, -0.15) is 0 Å². The normalized spacial score (nSPS) is 11.5. The molecule has 0 aliphatic heterocycles. The smallest absolute Gasteiger partial charge is 0.164 e. The molecule has 0 fully saturated rings. The first-order valence-electron chi connectivity index (χ1n) is 18.9. The summed E-state index contributed by atoms with van der Waals surface area (Å²) >= 11 is 0. The van der Waals surface area contributed by atoms with E-state index in [0.29, 0.717) is 17.5 Å². The highest BCUT2D eigenvalue weighted by molar-refractivity contribution is 6.07. The minimum atomic E-state index is 0.548. The van der Waals surface area contributed by atoms with Crippen LogP contribution in [0.25, 0.3) is 89.2 Å². The number of aromatic nitrogens is 3. The molecule has 0 aliphatic rings. The number of hydrogen-bond donors (Lipinski definition) is 0. The molecule has 3 aromatic heterocycles. The van der Waals surface area contributed by atoms with E-state index in [1.807, 2.05) is 72.8 Å². The van der Waals surface area contributed by atoms with Crippen LogP contribution in [0.4, 0.5) is 17.1 Å². The zero-order chi connectivity index (χ0) is 37.7. The second kappa shape index (κ2) is 13.5. The maximum absolute atomic E-state index is 6.64. The predicted octanol–water partition coefficient (Wildman–Crippen LogP) is 13.8. The van der Waals surface area contributed by atoms with Gasteiger partial charge in [-0.05, 0) is 83.9 Å². The first-order valence-corrected chi connectivity index (χ1v) is 18.9. The topological polar surface area (TPSA) is 68.2 Å². The molecule has 0 spiro atoms. The summed E-state index contributed by atoms with van der Waals surface area (Å²) in [5.41, 5.74) is 11.1. The Morgan fingerprint density at radius 1 is 0.281 bits per heavy atom. The third kappa shape index (κ3) is 5.88. The standard InChI is InChI=1S/C51H32N4O2/c1-4-13-33(14-5-1)34-15-12-16-35(29-34)49-52-50(36-23-26-42-41-21-10-11-22-45(41)56-46(42)30-36)54-51(53-49)37-24-27-43-44-28-25-40(32-48(44)57-47(43)31-37)55(38-17-6-2-7-18-38)39-19-8-3-9-20-39/h1-32H. The van der Waals surface area contributed by atoms with Crippen molar-refractivity contribution in [1.82, 2.24) is 15.0 Å². The van der Waals surface area contributed by atoms with Crippen molar-refractivity contribution in [2.45, 2.75) is 0 Å². The summed E-state index contributed by atoms with van der Waals surface area (Å²) in [5, 5.41) is 4.18. The van der Waals surface area contributed by atoms with Crippen LogP contribution in [-0.4, -0.2) is 15.0 Å². The fraction of sp³-hybridized carbons (Fsp3) is 0. The van der Waals surface area contributed by atoms with Crippen molar-refractivity contribution in [3.63, 3.8) is 0 Å². The lowest BCUT2D eigenvalue weighted by Crippen LogP contribution is -2.09. The van der Waals surface area contributed by atoms with Crippen molar-refractivity contribution < 1.29 is 8.83 Å². The molecule has 0 atom stereocenters. The number of benzene rings is 8. The number of furan rings is 2. The molecule has 0 N–H and O–H groups in total. The van der Waals surface area contributed by atoms with Gasteiger partial charge in [0.15, 0.2) is 17.5 Å². The van der Waals surface area contributed by atoms with Crippen LogP contribution in [0.3, 0.4) is 0 Å². The second-order valence-corrected chi connectivity index (χ2v) is 14.1. The minimum absolute atomic E-state index is 0.548. The van der Waals surface area contributed by atoms with E-state index >= 15 is 0 Å². The summed E-state index contributed by atoms with van der Waals surface area (Å²) in [6.45, 7) is 0. The number of hydrogen-bond acceptors (Lipinski definition) is 6. The van der Waals surface area contributed by atoms with Gasteiger partial charge >= 0.3 is 0 Å². The Labute approximate surface area is 328 Å². The zero-order valence-electron chi connectivity index (χ0n) is 30.6. The Kier molecular flexibility index (Phi) is 7.71. The summed E-state index contributed by atoms with van der Waals surface area (Å²) < 4.78 is 12.9. The Morgan fingerprint density at radius 2 is 0.719 bits per heavy atom. The van der Waals surface area contributed by atoms with Gasteiger partial charge in [0.2, 0.25) is 0 Å². The van der Waals surface area contributed by atoms with Crippen LogP contribution in [0.15, 0.2) is 203 Å². The summed E-state index contributed by atoms with van der Waals surface area (Å²) in [7, 11) is 0. The highest BCUT2D eigenvalue weighted by Crippen LogP contribution is 2.39. The van der Waals surface area contributed by atoms with E-state index in [9.17, 15) is 0 Å². The lowest BCUT2D eigenvalue weighted by Gasteiger charge is -2.25. The number of fused-ring (bicyclic) bond motifs is 6. The minimum Gasteiger partial charge on any atom is -0.456 e. The van der Waals surface area contributed by atoms with E-state index < -0.39 is 0 Å². The number of anilines is 3. The van der Waals surface area contributed by atoms with Crippen molar-refractivity contribution in [1.29, 1.82) is 0 Å². The molecule has 0 unspecified atom stereocenters. The quantitative estimate of drug-likeness (QED) is 0.162. The predicted molar refractivity (Wildman–Crippen MR) is 231 cm³/mol. The van der Waals surface area contributed by atoms with Crippen molar-refractivity contribution in [3.8, 4) is 45.3 Å². The summed E-state index contributed by atoms with van der Waals surface area (Å²) in [4.78, 5) is 17.5. The highest BCUT2D eigenvalue weighted by Gasteiger charge is 2.18. The third-order valence-electron chi connectivity index (χ3n) is 10.5. The molecule has 268 valence electrons. The summed E-state index contributed by atoms with van der Waals surface area (Å²) in [6, 6.07) is 66.3. The molecular weight excluding hydrogens is 701 g/mol. The Hall–Kier alpha value is -7.83. The number of rotatable bonds is 7. The molecule has 0 radical (unpaired) electrons. The molecular formula is C51H32N4O2. The lowest BCUT2D eigenvalue weighted by atomic mass is 10.0. The van der Waals surface area contributed by atoms with Crippen LogP contribution in [-0.2, 0) is 0 Å². The van der Waals surface area contributed by atoms with Gasteiger partial charge in [0, 0.05) is 61.4 Å². The van der Waals surface area contributed by atoms with E-state index in [-0.39, 0.29) is 0 Å². The van der Waals surface area contributed by atoms with Gasteiger partial charge in [-0.3, -0.25) is 0 Å². The zero-order valence-corrected chi connectivity index (χ0v) is 30.6. The molecule has 11 aromatic rings. The van der Waals surface area contributed by atoms with Crippen LogP contribution >= 0.6 is 0 Å². The van der Waals surface area contributed by atoms with E-state index in [2.05, 4.69) is 126 Å². The van der Waals surface area contributed by atoms with Crippen LogP contribution in [0, 0.1) is 0 Å². The van der Waals surface area contributed by atoms with Gasteiger partial charge in [0.05, 0.1) is 0 Å². The largest absolute Gasteiger partial charge is 0.456 e. The van der Waals surface area contributed by atoms with Gasteiger partial charge in [0.1, 0.15) is 22.3 Å². The molecule has 57 heavy (non-hydrogen) atoms. The monoisotopic (exact) mass is 732 g/mol. The van der Waals surface area contributed by atoms with Crippen molar-refractivity contribution in [2.24, 2.45) is 0 Å². The van der Waals surface area contributed by atoms with Gasteiger partial charge in [-0.1, -0.05) is 115 Å². The Morgan fingerprint density at radius 3 is 1.33 bits per heavy atom. The number of nitrogens with zero attached hydrogens (tertiary/aromatic N) is 4. The van der Waals surface area contributed by atoms with Crippen molar-refractivity contribution in [3.05, 3.63) is 194 Å². The second-order valence-electron chi connectivity index (χ2n) is 14.1. The number of para-hydroxylation sites is 3. The third-order valence-corrected chi connectivity index (χ3v) is 10.5. The molecule has 6 heteroatoms. The average Bonchev–Trinajstić information content (AvgIpc) is 3.84. The maximum atomic E-state index is 6.64. The van der Waals surface area contributed by atoms with Crippen LogP contribution in [0.5, 0.6) is 0 Å². The van der Waals surface area contributed by atoms with Gasteiger partial charge in [0.25, 0.3) is 0 Å². The summed E-state index contributed by atoms with van der Waals surface area (Å²) in [6.07, 6.45) is 0. The molecule has 0 amide bonds. The SMILES string of the molecule is c1ccc(-c2cccc(-c3nc(-c4ccc5c(c4)oc4ccccc45)nc(-c4ccc5c(c4)oc4cc(N(c6ccccc6)c6ccccc6)ccc45)n3)c2)cc1. The first-order chi connectivity index (χ1) is 28.2. The molecule has 6 nitrogen and oxygen atoms in total. The highest BCUT2D eigenvalue weighted by atomic mass is 16.3. The van der Waals surface area contributed by atoms with Crippen molar-refractivity contribution in [2.75, 3.05) is 4.90 Å². The Balaban J connectivity index is 1.04. The maximum Gasteiger partial charge on any atom is 0.164 e. The Bertz CT molecular complexity index is 3210. The summed E-state index contributed by atoms with van der Waals surface area (Å²) in [5.74, 6) is 1.68. The molecule has 0 saturated heterocycles. The van der Waals surface area contributed by atoms with E-state index in [1.54, 1.807) is 0 Å². The van der Waals surface area contributed by atoms with E-state index in [4.69, 9.17) is 23.8 Å². The van der Waals surface area contributed by atoms with Gasteiger partial charge < -0.3 is 13.7 Å². The molecule has 8 aromatic carbocycles. The fourth-order valence-electron chi connectivity index (χ4n) is 7.74.